The Kier molecular flexibility index (Phi) is 16.7. The fourth-order valence-electron chi connectivity index (χ4n) is 11.0. The summed E-state index contributed by atoms with van der Waals surface area (Å²) in [6.45, 7) is 17.3. The van der Waals surface area contributed by atoms with Crippen LogP contribution in [-0.4, -0.2) is 40.1 Å². The summed E-state index contributed by atoms with van der Waals surface area (Å²) >= 11 is 16.6. The van der Waals surface area contributed by atoms with Crippen LogP contribution >= 0.6 is 39.1 Å². The summed E-state index contributed by atoms with van der Waals surface area (Å²) in [7, 11) is -4.04. The largest absolute Gasteiger partial charge is 0.412 e. The van der Waals surface area contributed by atoms with Gasteiger partial charge in [-0.15, -0.1) is 0 Å². The van der Waals surface area contributed by atoms with Crippen LogP contribution in [-0.2, 0) is 32.2 Å². The van der Waals surface area contributed by atoms with Crippen LogP contribution in [0.2, 0.25) is 49.3 Å². The molecule has 1 N–H and O–H groups in total. The van der Waals surface area contributed by atoms with E-state index in [9.17, 15) is 5.11 Å². The Labute approximate surface area is 414 Å². The molecule has 4 aromatic carbocycles. The zero-order valence-electron chi connectivity index (χ0n) is 39.0. The van der Waals surface area contributed by atoms with E-state index < -0.39 is 28.5 Å². The molecular weight excluding hydrogens is 944 g/mol. The van der Waals surface area contributed by atoms with Crippen LogP contribution < -0.4 is 0 Å². The zero-order valence-corrected chi connectivity index (χ0v) is 44.1. The summed E-state index contributed by atoms with van der Waals surface area (Å²) in [6.07, 6.45) is 15.5. The van der Waals surface area contributed by atoms with Crippen LogP contribution in [0.1, 0.15) is 150 Å². The lowest BCUT2D eigenvalue weighted by Crippen LogP contribution is -2.64. The van der Waals surface area contributed by atoms with Crippen LogP contribution in [0.4, 0.5) is 0 Å². The van der Waals surface area contributed by atoms with Gasteiger partial charge in [-0.3, -0.25) is 0 Å². The van der Waals surface area contributed by atoms with Crippen molar-refractivity contribution < 1.29 is 18.7 Å². The summed E-state index contributed by atoms with van der Waals surface area (Å²) < 4.78 is 21.3. The maximum Gasteiger partial charge on any atom is 0.221 e. The second kappa shape index (κ2) is 20.7. The van der Waals surface area contributed by atoms with Crippen molar-refractivity contribution in [3.05, 3.63) is 138 Å². The van der Waals surface area contributed by atoms with Gasteiger partial charge in [-0.1, -0.05) is 122 Å². The molecule has 1 aliphatic heterocycles. The predicted octanol–water partition coefficient (Wildman–Crippen LogP) is 17.0. The maximum absolute atomic E-state index is 12.5. The van der Waals surface area contributed by atoms with Gasteiger partial charge in [-0.25, -0.2) is 0 Å². The lowest BCUT2D eigenvalue weighted by molar-refractivity contribution is -0.339. The number of hydrogen-bond donors (Lipinski definition) is 1. The summed E-state index contributed by atoms with van der Waals surface area (Å²) in [5, 5.41) is 14.0. The molecule has 65 heavy (non-hydrogen) atoms. The van der Waals surface area contributed by atoms with Crippen molar-refractivity contribution in [2.75, 3.05) is 0 Å². The van der Waals surface area contributed by atoms with Crippen LogP contribution in [0.25, 0.3) is 0 Å². The SMILES string of the molecule is C.C.CC[C@H]1OC(O)(c2ccc(Cl)c(Cc3ccc(C4CCC5(CC5)C4)cc3)c2)[C@H](O[Si](C)(C)C)[C@@H](O[Si](C)(C)C)[C@@H]1C.Clc1ccc(Br)cc1Cc1ccc(C2CCC3(CC3)C2)cc1. The molecule has 2 spiro atoms. The van der Waals surface area contributed by atoms with E-state index in [1.807, 2.05) is 30.3 Å². The molecule has 9 heteroatoms. The van der Waals surface area contributed by atoms with Crippen molar-refractivity contribution in [3.63, 3.8) is 0 Å². The van der Waals surface area contributed by atoms with E-state index in [0.29, 0.717) is 28.3 Å². The first-order valence-electron chi connectivity index (χ1n) is 23.9. The highest BCUT2D eigenvalue weighted by atomic mass is 79.9. The van der Waals surface area contributed by atoms with E-state index in [-0.39, 0.29) is 33.0 Å². The van der Waals surface area contributed by atoms with Crippen LogP contribution in [0.5, 0.6) is 0 Å². The van der Waals surface area contributed by atoms with Crippen molar-refractivity contribution in [2.24, 2.45) is 16.7 Å². The third kappa shape index (κ3) is 12.7. The molecule has 4 saturated carbocycles. The van der Waals surface area contributed by atoms with Gasteiger partial charge in [0.1, 0.15) is 6.10 Å². The van der Waals surface area contributed by atoms with Crippen LogP contribution in [0.3, 0.4) is 0 Å². The summed E-state index contributed by atoms with van der Waals surface area (Å²) in [5.41, 5.74) is 9.86. The molecule has 0 aromatic heterocycles. The van der Waals surface area contributed by atoms with E-state index in [1.165, 1.54) is 92.0 Å². The molecule has 4 nitrogen and oxygen atoms in total. The van der Waals surface area contributed by atoms with Gasteiger partial charge < -0.3 is 18.7 Å². The normalized spacial score (nSPS) is 27.4. The first-order chi connectivity index (χ1) is 29.7. The zero-order chi connectivity index (χ0) is 45.0. The predicted molar refractivity (Wildman–Crippen MR) is 284 cm³/mol. The first kappa shape index (κ1) is 52.6. The van der Waals surface area contributed by atoms with E-state index in [1.54, 1.807) is 0 Å². The van der Waals surface area contributed by atoms with E-state index in [0.717, 1.165) is 39.2 Å². The summed E-state index contributed by atoms with van der Waals surface area (Å²) in [4.78, 5) is 0. The van der Waals surface area contributed by atoms with Crippen molar-refractivity contribution in [2.45, 2.75) is 187 Å². The molecule has 5 fully saturated rings. The monoisotopic (exact) mass is 1020 g/mol. The average Bonchev–Trinajstić information content (AvgIpc) is 4.08. The van der Waals surface area contributed by atoms with Gasteiger partial charge in [0, 0.05) is 26.0 Å². The molecule has 1 heterocycles. The van der Waals surface area contributed by atoms with Gasteiger partial charge in [-0.05, 0) is 209 Å². The number of halogens is 3. The molecule has 0 bridgehead atoms. The van der Waals surface area contributed by atoms with Gasteiger partial charge in [-0.2, -0.15) is 0 Å². The highest BCUT2D eigenvalue weighted by Crippen LogP contribution is 2.62. The minimum absolute atomic E-state index is 0. The second-order valence-corrected chi connectivity index (χ2v) is 32.9. The number of benzene rings is 4. The molecule has 9 rings (SSSR count). The first-order valence-corrected chi connectivity index (χ1v) is 32.3. The van der Waals surface area contributed by atoms with E-state index in [2.05, 4.69) is 124 Å². The number of aliphatic hydroxyl groups is 1. The van der Waals surface area contributed by atoms with Gasteiger partial charge in [0.05, 0.1) is 12.2 Å². The van der Waals surface area contributed by atoms with Gasteiger partial charge in [0.2, 0.25) is 5.79 Å². The van der Waals surface area contributed by atoms with Crippen molar-refractivity contribution >= 4 is 55.8 Å². The van der Waals surface area contributed by atoms with Crippen LogP contribution in [0.15, 0.2) is 89.4 Å². The Balaban J connectivity index is 0.000000246. The van der Waals surface area contributed by atoms with E-state index in [4.69, 9.17) is 36.8 Å². The molecule has 0 amide bonds. The number of hydrogen-bond acceptors (Lipinski definition) is 4. The third-order valence-electron chi connectivity index (χ3n) is 15.0. The van der Waals surface area contributed by atoms with Crippen LogP contribution in [0, 0.1) is 16.7 Å². The topological polar surface area (TPSA) is 47.9 Å². The second-order valence-electron chi connectivity index (χ2n) is 22.2. The minimum Gasteiger partial charge on any atom is -0.412 e. The molecule has 4 aliphatic carbocycles. The molecule has 356 valence electrons. The Bertz CT molecular complexity index is 2210. The number of ether oxygens (including phenoxy) is 1. The highest BCUT2D eigenvalue weighted by Gasteiger charge is 2.56. The smallest absolute Gasteiger partial charge is 0.221 e. The van der Waals surface area contributed by atoms with E-state index >= 15 is 0 Å². The molecular formula is C56H79BrCl2O4Si2. The van der Waals surface area contributed by atoms with Gasteiger partial charge in [0.15, 0.2) is 16.6 Å². The Hall–Kier alpha value is -1.79. The summed E-state index contributed by atoms with van der Waals surface area (Å²) in [6, 6.07) is 30.3. The Morgan fingerprint density at radius 1 is 0.662 bits per heavy atom. The highest BCUT2D eigenvalue weighted by molar-refractivity contribution is 9.10. The Morgan fingerprint density at radius 2 is 1.12 bits per heavy atom. The molecule has 5 aliphatic rings. The van der Waals surface area contributed by atoms with Gasteiger partial charge >= 0.3 is 0 Å². The molecule has 3 unspecified atom stereocenters. The molecule has 1 saturated heterocycles. The minimum atomic E-state index is -2.08. The maximum atomic E-state index is 12.5. The van der Waals surface area contributed by atoms with Gasteiger partial charge in [0.25, 0.3) is 0 Å². The molecule has 4 aromatic rings. The molecule has 7 atom stereocenters. The third-order valence-corrected chi connectivity index (χ3v) is 18.1. The fraction of sp³-hybridized carbons (Fsp3) is 0.571. The fourth-order valence-corrected chi connectivity index (χ4v) is 14.0. The average molecular weight is 1020 g/mol. The van der Waals surface area contributed by atoms with Crippen molar-refractivity contribution in [1.82, 2.24) is 0 Å². The molecule has 0 radical (unpaired) electrons. The quantitative estimate of drug-likeness (QED) is 0.144. The lowest BCUT2D eigenvalue weighted by Gasteiger charge is -2.53. The number of rotatable bonds is 12. The Morgan fingerprint density at radius 3 is 1.55 bits per heavy atom. The van der Waals surface area contributed by atoms with Crippen molar-refractivity contribution in [1.29, 1.82) is 0 Å². The summed E-state index contributed by atoms with van der Waals surface area (Å²) in [5.74, 6) is -0.0404. The lowest BCUT2D eigenvalue weighted by atomic mass is 9.82. The van der Waals surface area contributed by atoms with Crippen molar-refractivity contribution in [3.8, 4) is 0 Å². The standard InChI is InChI=1S/C34H51ClO4Si2.C20H20BrCl.2CH4/c1-9-30-23(2)31(38-40(3,4)5)32(39-41(6,7)8)34(36,37-30)28-14-15-29(35)27(21-28)20-24-10-12-25(13-11-24)26-16-17-33(22-26)18-19-33;21-18-5-6-19(22)17(12-18)11-14-1-3-15(4-2-14)16-7-8-20(13-16)9-10-20;;/h10-15,21,23,26,30-32,36H,9,16-20,22H2,1-8H3;1-6,12,16H,7-11,13H2;2*1H4/t23-,26?,30-,31+,32-,34?;;;/m1.../s1.